The van der Waals surface area contributed by atoms with E-state index in [4.69, 9.17) is 11.6 Å². The summed E-state index contributed by atoms with van der Waals surface area (Å²) >= 11 is 6.03. The Labute approximate surface area is 157 Å². The lowest BCUT2D eigenvalue weighted by atomic mass is 9.99. The average Bonchev–Trinajstić information content (AvgIpc) is 2.85. The molecule has 0 bridgehead atoms. The van der Waals surface area contributed by atoms with Gasteiger partial charge in [0.05, 0.1) is 0 Å². The van der Waals surface area contributed by atoms with Crippen LogP contribution in [0, 0.1) is 0 Å². The second kappa shape index (κ2) is 7.15. The van der Waals surface area contributed by atoms with Gasteiger partial charge in [-0.1, -0.05) is 24.6 Å². The first kappa shape index (κ1) is 18.5. The summed E-state index contributed by atoms with van der Waals surface area (Å²) in [4.78, 5) is 41.9. The summed E-state index contributed by atoms with van der Waals surface area (Å²) in [7, 11) is 0. The number of carbonyl (C=O) groups is 3. The molecule has 0 aliphatic carbocycles. The Hall–Kier alpha value is -2.28. The number of rotatable bonds is 4. The first-order valence-corrected chi connectivity index (χ1v) is 9.14. The molecule has 140 valence electrons. The molecule has 2 fully saturated rings. The van der Waals surface area contributed by atoms with Gasteiger partial charge in [0.2, 0.25) is 5.91 Å². The maximum Gasteiger partial charge on any atom is 0.325 e. The van der Waals surface area contributed by atoms with Crippen LogP contribution in [0.5, 0.6) is 0 Å². The second-order valence-corrected chi connectivity index (χ2v) is 7.29. The molecule has 8 heteroatoms. The van der Waals surface area contributed by atoms with Gasteiger partial charge in [-0.3, -0.25) is 14.5 Å². The lowest BCUT2D eigenvalue weighted by Gasteiger charge is -2.36. The van der Waals surface area contributed by atoms with Gasteiger partial charge in [-0.25, -0.2) is 4.79 Å². The van der Waals surface area contributed by atoms with E-state index in [-0.39, 0.29) is 18.4 Å². The molecule has 1 unspecified atom stereocenters. The molecule has 1 aromatic rings. The Morgan fingerprint density at radius 1 is 1.23 bits per heavy atom. The van der Waals surface area contributed by atoms with Gasteiger partial charge in [0.25, 0.3) is 5.91 Å². The Morgan fingerprint density at radius 3 is 2.50 bits per heavy atom. The number of hydrogen-bond donors (Lipinski definition) is 1. The minimum absolute atomic E-state index is 0.209. The highest BCUT2D eigenvalue weighted by Gasteiger charge is 2.47. The molecule has 2 saturated heterocycles. The van der Waals surface area contributed by atoms with E-state index in [0.717, 1.165) is 10.6 Å². The van der Waals surface area contributed by atoms with Crippen LogP contribution in [-0.2, 0) is 9.59 Å². The van der Waals surface area contributed by atoms with Crippen LogP contribution in [0.25, 0.3) is 0 Å². The number of nitrogens with zero attached hydrogens (tertiary/aromatic N) is 3. The monoisotopic (exact) mass is 378 g/mol. The van der Waals surface area contributed by atoms with E-state index in [2.05, 4.69) is 10.2 Å². The van der Waals surface area contributed by atoms with Gasteiger partial charge in [0.15, 0.2) is 0 Å². The van der Waals surface area contributed by atoms with Gasteiger partial charge in [-0.2, -0.15) is 0 Å². The average molecular weight is 379 g/mol. The first-order valence-electron chi connectivity index (χ1n) is 8.76. The van der Waals surface area contributed by atoms with Crippen molar-refractivity contribution in [2.45, 2.75) is 25.8 Å². The summed E-state index contributed by atoms with van der Waals surface area (Å²) in [6.07, 6.45) is 0.487. The number of urea groups is 1. The van der Waals surface area contributed by atoms with Gasteiger partial charge in [0, 0.05) is 36.9 Å². The highest BCUT2D eigenvalue weighted by Crippen LogP contribution is 2.22. The SMILES string of the molecule is CCC1(C)NC(=O)N(CC(=O)N2CCN(c3cccc(Cl)c3)CC2)C1=O. The summed E-state index contributed by atoms with van der Waals surface area (Å²) in [5, 5.41) is 3.35. The molecule has 3 rings (SSSR count). The fourth-order valence-corrected chi connectivity index (χ4v) is 3.44. The predicted molar refractivity (Wildman–Crippen MR) is 99.2 cm³/mol. The van der Waals surface area contributed by atoms with Crippen LogP contribution >= 0.6 is 11.6 Å². The van der Waals surface area contributed by atoms with Crippen LogP contribution in [0.15, 0.2) is 24.3 Å². The van der Waals surface area contributed by atoms with Crippen molar-refractivity contribution < 1.29 is 14.4 Å². The molecule has 1 N–H and O–H groups in total. The molecule has 0 radical (unpaired) electrons. The first-order chi connectivity index (χ1) is 12.3. The number of anilines is 1. The van der Waals surface area contributed by atoms with E-state index in [1.807, 2.05) is 31.2 Å². The molecule has 1 atom stereocenters. The smallest absolute Gasteiger partial charge is 0.325 e. The number of nitrogens with one attached hydrogen (secondary N) is 1. The zero-order valence-electron chi connectivity index (χ0n) is 15.0. The summed E-state index contributed by atoms with van der Waals surface area (Å²) < 4.78 is 0. The third kappa shape index (κ3) is 3.49. The largest absolute Gasteiger partial charge is 0.368 e. The molecule has 0 spiro atoms. The van der Waals surface area contributed by atoms with Crippen LogP contribution in [0.3, 0.4) is 0 Å². The highest BCUT2D eigenvalue weighted by molar-refractivity contribution is 6.30. The third-order valence-electron chi connectivity index (χ3n) is 5.15. The van der Waals surface area contributed by atoms with E-state index in [0.29, 0.717) is 37.6 Å². The molecule has 7 nitrogen and oxygen atoms in total. The van der Waals surface area contributed by atoms with Gasteiger partial charge in [-0.15, -0.1) is 0 Å². The van der Waals surface area contributed by atoms with Gasteiger partial charge in [-0.05, 0) is 31.5 Å². The second-order valence-electron chi connectivity index (χ2n) is 6.85. The lowest BCUT2D eigenvalue weighted by molar-refractivity contribution is -0.139. The molecular weight excluding hydrogens is 356 g/mol. The number of amides is 4. The highest BCUT2D eigenvalue weighted by atomic mass is 35.5. The van der Waals surface area contributed by atoms with Gasteiger partial charge >= 0.3 is 6.03 Å². The fourth-order valence-electron chi connectivity index (χ4n) is 3.25. The molecule has 0 aromatic heterocycles. The van der Waals surface area contributed by atoms with Crippen molar-refractivity contribution in [3.8, 4) is 0 Å². The number of piperazine rings is 1. The van der Waals surface area contributed by atoms with Gasteiger partial charge in [0.1, 0.15) is 12.1 Å². The Balaban J connectivity index is 1.57. The van der Waals surface area contributed by atoms with E-state index in [9.17, 15) is 14.4 Å². The van der Waals surface area contributed by atoms with Crippen LogP contribution in [0.2, 0.25) is 5.02 Å². The minimum Gasteiger partial charge on any atom is -0.368 e. The summed E-state index contributed by atoms with van der Waals surface area (Å²) in [6.45, 7) is 5.75. The van der Waals surface area contributed by atoms with E-state index < -0.39 is 11.6 Å². The quantitative estimate of drug-likeness (QED) is 0.809. The summed E-state index contributed by atoms with van der Waals surface area (Å²) in [5.41, 5.74) is 0.111. The normalized spacial score (nSPS) is 23.4. The van der Waals surface area contributed by atoms with Gasteiger partial charge < -0.3 is 15.1 Å². The Morgan fingerprint density at radius 2 is 1.92 bits per heavy atom. The van der Waals surface area contributed by atoms with Crippen molar-refractivity contribution in [1.82, 2.24) is 15.1 Å². The molecule has 2 heterocycles. The van der Waals surface area contributed by atoms with Crippen molar-refractivity contribution in [2.75, 3.05) is 37.6 Å². The Kier molecular flexibility index (Phi) is 5.09. The van der Waals surface area contributed by atoms with Crippen LogP contribution in [-0.4, -0.2) is 65.9 Å². The Bertz CT molecular complexity index is 733. The number of hydrogen-bond acceptors (Lipinski definition) is 4. The van der Waals surface area contributed by atoms with Crippen molar-refractivity contribution in [3.05, 3.63) is 29.3 Å². The minimum atomic E-state index is -0.914. The summed E-state index contributed by atoms with van der Waals surface area (Å²) in [6, 6.07) is 7.12. The molecule has 1 aromatic carbocycles. The maximum atomic E-state index is 12.6. The molecule has 2 aliphatic rings. The van der Waals surface area contributed by atoms with Crippen LogP contribution < -0.4 is 10.2 Å². The third-order valence-corrected chi connectivity index (χ3v) is 5.39. The topological polar surface area (TPSA) is 73.0 Å². The molecular formula is C18H23ClN4O3. The maximum absolute atomic E-state index is 12.6. The van der Waals surface area contributed by atoms with Crippen molar-refractivity contribution in [3.63, 3.8) is 0 Å². The predicted octanol–water partition coefficient (Wildman–Crippen LogP) is 1.71. The zero-order valence-corrected chi connectivity index (χ0v) is 15.8. The number of benzene rings is 1. The van der Waals surface area contributed by atoms with E-state index in [1.165, 1.54) is 0 Å². The van der Waals surface area contributed by atoms with E-state index in [1.54, 1.807) is 11.8 Å². The van der Waals surface area contributed by atoms with Crippen LogP contribution in [0.1, 0.15) is 20.3 Å². The van der Waals surface area contributed by atoms with Crippen molar-refractivity contribution in [1.29, 1.82) is 0 Å². The number of carbonyl (C=O) groups excluding carboxylic acids is 3. The van der Waals surface area contributed by atoms with Crippen molar-refractivity contribution >= 4 is 35.1 Å². The molecule has 26 heavy (non-hydrogen) atoms. The molecule has 0 saturated carbocycles. The molecule has 4 amide bonds. The van der Waals surface area contributed by atoms with Crippen molar-refractivity contribution in [2.24, 2.45) is 0 Å². The molecule has 2 aliphatic heterocycles. The standard InChI is InChI=1S/C18H23ClN4O3/c1-3-18(2)16(25)23(17(26)20-18)12-15(24)22-9-7-21(8-10-22)14-6-4-5-13(19)11-14/h4-6,11H,3,7-10,12H2,1-2H3,(H,20,26). The van der Waals surface area contributed by atoms with E-state index >= 15 is 0 Å². The lowest BCUT2D eigenvalue weighted by Crippen LogP contribution is -2.52. The van der Waals surface area contributed by atoms with Crippen LogP contribution in [0.4, 0.5) is 10.5 Å². The fraction of sp³-hybridized carbons (Fsp3) is 0.500. The zero-order chi connectivity index (χ0) is 18.9. The number of halogens is 1. The number of imide groups is 1. The summed E-state index contributed by atoms with van der Waals surface area (Å²) in [5.74, 6) is -0.546.